The van der Waals surface area contributed by atoms with E-state index in [0.29, 0.717) is 13.0 Å². The van der Waals surface area contributed by atoms with E-state index in [-0.39, 0.29) is 5.97 Å². The normalized spacial score (nSPS) is 30.9. The molecule has 1 aliphatic heterocycles. The first-order valence-electron chi connectivity index (χ1n) is 5.05. The van der Waals surface area contributed by atoms with E-state index in [1.165, 1.54) is 0 Å². The minimum atomic E-state index is -0.632. The van der Waals surface area contributed by atoms with Crippen LogP contribution in [0.4, 0.5) is 0 Å². The van der Waals surface area contributed by atoms with Gasteiger partial charge in [-0.05, 0) is 19.3 Å². The molecule has 2 unspecified atom stereocenters. The topological polar surface area (TPSA) is 35.5 Å². The van der Waals surface area contributed by atoms with Gasteiger partial charge >= 0.3 is 5.97 Å². The highest BCUT2D eigenvalue weighted by Gasteiger charge is 2.17. The molecule has 3 nitrogen and oxygen atoms in total. The first-order chi connectivity index (χ1) is 6.24. The predicted octanol–water partition coefficient (Wildman–Crippen LogP) is 1.86. The molecule has 0 aromatic carbocycles. The van der Waals surface area contributed by atoms with E-state index in [2.05, 4.69) is 0 Å². The second kappa shape index (κ2) is 5.14. The van der Waals surface area contributed by atoms with Crippen LogP contribution in [0.1, 0.15) is 40.4 Å². The van der Waals surface area contributed by atoms with Crippen LogP contribution in [-0.2, 0) is 14.3 Å². The molecule has 0 spiro atoms. The van der Waals surface area contributed by atoms with Gasteiger partial charge in [-0.15, -0.1) is 0 Å². The molecule has 1 aliphatic rings. The molecular formula is C9H16O3. The molecule has 70 valence electrons. The molecule has 0 aromatic heterocycles. The summed E-state index contributed by atoms with van der Waals surface area (Å²) in [6.07, 6.45) is 1.78. The van der Waals surface area contributed by atoms with E-state index >= 15 is 0 Å². The van der Waals surface area contributed by atoms with Crippen LogP contribution in [0.25, 0.3) is 0 Å². The van der Waals surface area contributed by atoms with Crippen LogP contribution in [0.15, 0.2) is 0 Å². The predicted molar refractivity (Wildman–Crippen MR) is 44.6 cm³/mol. The third kappa shape index (κ3) is 3.22. The van der Waals surface area contributed by atoms with Crippen LogP contribution in [-0.4, -0.2) is 18.9 Å². The fourth-order valence-electron chi connectivity index (χ4n) is 1.08. The summed E-state index contributed by atoms with van der Waals surface area (Å²) in [7, 11) is 0. The van der Waals surface area contributed by atoms with Gasteiger partial charge in [0, 0.05) is 14.2 Å². The Morgan fingerprint density at radius 1 is 1.75 bits per heavy atom. The fourth-order valence-corrected chi connectivity index (χ4v) is 1.08. The molecule has 1 rings (SSSR count). The van der Waals surface area contributed by atoms with Gasteiger partial charge in [0.15, 0.2) is 0 Å². The van der Waals surface area contributed by atoms with Gasteiger partial charge < -0.3 is 9.47 Å². The average Bonchev–Trinajstić information content (AvgIpc) is 2.09. The number of esters is 1. The highest BCUT2D eigenvalue weighted by Crippen LogP contribution is 2.14. The zero-order valence-electron chi connectivity index (χ0n) is 8.41. The number of carbonyl (C=O) groups excluding carboxylic acids is 1. The molecule has 0 amide bonds. The van der Waals surface area contributed by atoms with Crippen molar-refractivity contribution in [3.8, 4) is 0 Å². The van der Waals surface area contributed by atoms with Gasteiger partial charge in [0.2, 0.25) is 6.29 Å². The third-order valence-corrected chi connectivity index (χ3v) is 1.69. The van der Waals surface area contributed by atoms with Crippen molar-refractivity contribution < 1.29 is 15.6 Å². The number of ether oxygens (including phenoxy) is 2. The molecule has 1 fully saturated rings. The maximum Gasteiger partial charge on any atom is 0.308 e. The van der Waals surface area contributed by atoms with Crippen molar-refractivity contribution in [3.63, 3.8) is 0 Å². The molecule has 0 radical (unpaired) electrons. The van der Waals surface area contributed by atoms with Crippen LogP contribution < -0.4 is 0 Å². The molecule has 0 bridgehead atoms. The van der Waals surface area contributed by atoms with Gasteiger partial charge in [-0.2, -0.15) is 0 Å². The largest absolute Gasteiger partial charge is 0.436 e. The van der Waals surface area contributed by atoms with Crippen LogP contribution in [0, 0.1) is 0 Å². The lowest BCUT2D eigenvalue weighted by atomic mass is 10.2. The van der Waals surface area contributed by atoms with E-state index in [9.17, 15) is 4.79 Å². The maximum absolute atomic E-state index is 11.1. The summed E-state index contributed by atoms with van der Waals surface area (Å²) >= 11 is 0. The third-order valence-electron chi connectivity index (χ3n) is 1.69. The van der Waals surface area contributed by atoms with Gasteiger partial charge in [-0.1, -0.05) is 6.92 Å². The minimum absolute atomic E-state index is 0.258. The SMILES string of the molecule is [2H]C1CCCOC1OC(=O)CCC. The summed E-state index contributed by atoms with van der Waals surface area (Å²) in [5, 5.41) is 0. The number of hydrogen-bond acceptors (Lipinski definition) is 3. The van der Waals surface area contributed by atoms with Crippen molar-refractivity contribution in [2.45, 2.75) is 45.3 Å². The molecule has 0 aliphatic carbocycles. The second-order valence-corrected chi connectivity index (χ2v) is 2.86. The fraction of sp³-hybridized carbons (Fsp3) is 0.889. The molecule has 1 heterocycles. The van der Waals surface area contributed by atoms with Crippen molar-refractivity contribution >= 4 is 5.97 Å². The zero-order chi connectivity index (χ0) is 9.68. The summed E-state index contributed by atoms with van der Waals surface area (Å²) in [6, 6.07) is 0. The minimum Gasteiger partial charge on any atom is -0.436 e. The second-order valence-electron chi connectivity index (χ2n) is 2.86. The smallest absolute Gasteiger partial charge is 0.308 e. The molecule has 1 saturated heterocycles. The van der Waals surface area contributed by atoms with E-state index in [1.807, 2.05) is 6.92 Å². The first-order valence-corrected chi connectivity index (χ1v) is 4.47. The monoisotopic (exact) mass is 173 g/mol. The van der Waals surface area contributed by atoms with Gasteiger partial charge in [0.1, 0.15) is 0 Å². The molecular weight excluding hydrogens is 156 g/mol. The lowest BCUT2D eigenvalue weighted by Gasteiger charge is -2.22. The Bertz CT molecular complexity index is 172. The van der Waals surface area contributed by atoms with Crippen LogP contribution in [0.5, 0.6) is 0 Å². The molecule has 2 atom stereocenters. The van der Waals surface area contributed by atoms with E-state index in [1.54, 1.807) is 0 Å². The van der Waals surface area contributed by atoms with Crippen molar-refractivity contribution in [2.75, 3.05) is 6.61 Å². The van der Waals surface area contributed by atoms with Gasteiger partial charge in [-0.25, -0.2) is 0 Å². The lowest BCUT2D eigenvalue weighted by Crippen LogP contribution is -2.25. The Balaban J connectivity index is 2.29. The van der Waals surface area contributed by atoms with Crippen molar-refractivity contribution in [3.05, 3.63) is 0 Å². The Morgan fingerprint density at radius 2 is 2.58 bits per heavy atom. The first kappa shape index (κ1) is 8.05. The molecule has 12 heavy (non-hydrogen) atoms. The Kier molecular flexibility index (Phi) is 3.45. The lowest BCUT2D eigenvalue weighted by molar-refractivity contribution is -0.186. The van der Waals surface area contributed by atoms with Crippen LogP contribution in [0.3, 0.4) is 0 Å². The van der Waals surface area contributed by atoms with E-state index in [4.69, 9.17) is 10.8 Å². The Hall–Kier alpha value is -0.570. The summed E-state index contributed by atoms with van der Waals surface area (Å²) < 4.78 is 17.7. The van der Waals surface area contributed by atoms with Crippen molar-refractivity contribution in [2.24, 2.45) is 0 Å². The summed E-state index contributed by atoms with van der Waals surface area (Å²) in [5.41, 5.74) is 0. The molecule has 0 N–H and O–H groups in total. The van der Waals surface area contributed by atoms with Gasteiger partial charge in [0.05, 0.1) is 6.61 Å². The number of rotatable bonds is 3. The molecule has 0 aromatic rings. The molecule has 0 saturated carbocycles. The quantitative estimate of drug-likeness (QED) is 0.611. The van der Waals surface area contributed by atoms with E-state index in [0.717, 1.165) is 19.3 Å². The van der Waals surface area contributed by atoms with Gasteiger partial charge in [-0.3, -0.25) is 4.79 Å². The van der Waals surface area contributed by atoms with E-state index < -0.39 is 12.7 Å². The highest BCUT2D eigenvalue weighted by atomic mass is 16.7. The Labute approximate surface area is 74.4 Å². The standard InChI is InChI=1S/C9H16O3/c1-2-5-8(10)12-9-6-3-4-7-11-9/h9H,2-7H2,1H3/i6D. The number of hydrogen-bond donors (Lipinski definition) is 0. The maximum atomic E-state index is 11.1. The summed E-state index contributed by atoms with van der Waals surface area (Å²) in [5.74, 6) is -0.258. The summed E-state index contributed by atoms with van der Waals surface area (Å²) in [6.45, 7) is 2.51. The average molecular weight is 173 g/mol. The van der Waals surface area contributed by atoms with Crippen molar-refractivity contribution in [1.29, 1.82) is 0 Å². The summed E-state index contributed by atoms with van der Waals surface area (Å²) in [4.78, 5) is 11.1. The number of carbonyl (C=O) groups is 1. The van der Waals surface area contributed by atoms with Crippen LogP contribution in [0.2, 0.25) is 0 Å². The molecule has 3 heteroatoms. The van der Waals surface area contributed by atoms with Crippen molar-refractivity contribution in [1.82, 2.24) is 0 Å². The highest BCUT2D eigenvalue weighted by molar-refractivity contribution is 5.69. The van der Waals surface area contributed by atoms with Crippen LogP contribution >= 0.6 is 0 Å². The van der Waals surface area contributed by atoms with Gasteiger partial charge in [0.25, 0.3) is 0 Å². The Morgan fingerprint density at radius 3 is 3.25 bits per heavy atom. The zero-order valence-corrected chi connectivity index (χ0v) is 7.41.